The van der Waals surface area contributed by atoms with Crippen LogP contribution in [0.5, 0.6) is 0 Å². The van der Waals surface area contributed by atoms with Crippen LogP contribution in [-0.2, 0) is 13.0 Å². The molecule has 3 rings (SSSR count). The predicted molar refractivity (Wildman–Crippen MR) is 81.9 cm³/mol. The Bertz CT molecular complexity index is 731. The molecule has 0 amide bonds. The van der Waals surface area contributed by atoms with E-state index in [0.29, 0.717) is 12.8 Å². The molecular formula is C16H17ClF2N2O2. The van der Waals surface area contributed by atoms with Gasteiger partial charge in [-0.15, -0.1) is 0 Å². The van der Waals surface area contributed by atoms with Gasteiger partial charge in [-0.2, -0.15) is 0 Å². The van der Waals surface area contributed by atoms with Crippen molar-refractivity contribution in [3.63, 3.8) is 0 Å². The summed E-state index contributed by atoms with van der Waals surface area (Å²) in [5.74, 6) is -1.04. The van der Waals surface area contributed by atoms with Crippen LogP contribution in [0.25, 0.3) is 0 Å². The molecule has 0 aliphatic heterocycles. The smallest absolute Gasteiger partial charge is 0.296 e. The van der Waals surface area contributed by atoms with Crippen LogP contribution in [0.15, 0.2) is 27.5 Å². The van der Waals surface area contributed by atoms with E-state index < -0.39 is 17.2 Å². The van der Waals surface area contributed by atoms with Gasteiger partial charge in [0.25, 0.3) is 0 Å². The fourth-order valence-corrected chi connectivity index (χ4v) is 3.30. The monoisotopic (exact) mass is 342 g/mol. The lowest BCUT2D eigenvalue weighted by Gasteiger charge is -2.29. The SMILES string of the molecule is O=c1onc(Cc2c(F)cccc2Cl)n1CC1(F)CCCCC1. The van der Waals surface area contributed by atoms with Crippen LogP contribution in [0.3, 0.4) is 0 Å². The first kappa shape index (κ1) is 16.2. The van der Waals surface area contributed by atoms with E-state index in [1.165, 1.54) is 12.1 Å². The van der Waals surface area contributed by atoms with Crippen molar-refractivity contribution >= 4 is 11.6 Å². The summed E-state index contributed by atoms with van der Waals surface area (Å²) in [6.45, 7) is -0.114. The molecule has 7 heteroatoms. The zero-order chi connectivity index (χ0) is 16.4. The molecule has 1 aliphatic rings. The number of halogens is 3. The highest BCUT2D eigenvalue weighted by molar-refractivity contribution is 6.31. The molecular weight excluding hydrogens is 326 g/mol. The van der Waals surface area contributed by atoms with Crippen molar-refractivity contribution in [3.05, 3.63) is 51.0 Å². The molecule has 1 aromatic carbocycles. The van der Waals surface area contributed by atoms with E-state index in [4.69, 9.17) is 11.6 Å². The molecule has 0 unspecified atom stereocenters. The minimum Gasteiger partial charge on any atom is -0.296 e. The summed E-state index contributed by atoms with van der Waals surface area (Å²) in [4.78, 5) is 11.9. The fourth-order valence-electron chi connectivity index (χ4n) is 3.07. The molecule has 1 aliphatic carbocycles. The third-order valence-corrected chi connectivity index (χ3v) is 4.70. The van der Waals surface area contributed by atoms with Crippen molar-refractivity contribution in [3.8, 4) is 0 Å². The van der Waals surface area contributed by atoms with Gasteiger partial charge in [-0.1, -0.05) is 42.1 Å². The largest absolute Gasteiger partial charge is 0.441 e. The average molecular weight is 343 g/mol. The van der Waals surface area contributed by atoms with Gasteiger partial charge < -0.3 is 0 Å². The second-order valence-electron chi connectivity index (χ2n) is 6.04. The van der Waals surface area contributed by atoms with Gasteiger partial charge in [0.05, 0.1) is 6.54 Å². The highest BCUT2D eigenvalue weighted by atomic mass is 35.5. The molecule has 2 aromatic rings. The Labute approximate surface area is 137 Å². The molecule has 0 N–H and O–H groups in total. The summed E-state index contributed by atoms with van der Waals surface area (Å²) >= 11 is 6.00. The summed E-state index contributed by atoms with van der Waals surface area (Å²) in [5.41, 5.74) is -1.23. The summed E-state index contributed by atoms with van der Waals surface area (Å²) in [7, 11) is 0. The Balaban J connectivity index is 1.88. The summed E-state index contributed by atoms with van der Waals surface area (Å²) < 4.78 is 34.6. The van der Waals surface area contributed by atoms with E-state index >= 15 is 0 Å². The van der Waals surface area contributed by atoms with E-state index in [1.807, 2.05) is 0 Å². The summed E-state index contributed by atoms with van der Waals surface area (Å²) in [6.07, 6.45) is 3.39. The second-order valence-corrected chi connectivity index (χ2v) is 6.45. The fraction of sp³-hybridized carbons (Fsp3) is 0.500. The minimum atomic E-state index is -1.44. The molecule has 1 fully saturated rings. The first-order chi connectivity index (χ1) is 11.0. The summed E-state index contributed by atoms with van der Waals surface area (Å²) in [5, 5.41) is 3.91. The van der Waals surface area contributed by atoms with Crippen molar-refractivity contribution in [1.29, 1.82) is 0 Å². The van der Waals surface area contributed by atoms with E-state index in [2.05, 4.69) is 9.68 Å². The Morgan fingerprint density at radius 1 is 1.30 bits per heavy atom. The molecule has 23 heavy (non-hydrogen) atoms. The van der Waals surface area contributed by atoms with Crippen molar-refractivity contribution in [2.75, 3.05) is 0 Å². The summed E-state index contributed by atoms with van der Waals surface area (Å²) in [6, 6.07) is 4.33. The Morgan fingerprint density at radius 3 is 2.74 bits per heavy atom. The molecule has 0 radical (unpaired) electrons. The van der Waals surface area contributed by atoms with Crippen LogP contribution in [0, 0.1) is 5.82 Å². The number of nitrogens with zero attached hydrogens (tertiary/aromatic N) is 2. The molecule has 1 heterocycles. The van der Waals surface area contributed by atoms with Gasteiger partial charge >= 0.3 is 5.76 Å². The zero-order valence-corrected chi connectivity index (χ0v) is 13.3. The average Bonchev–Trinajstić information content (AvgIpc) is 2.84. The zero-order valence-electron chi connectivity index (χ0n) is 12.5. The minimum absolute atomic E-state index is 0.0205. The van der Waals surface area contributed by atoms with Crippen LogP contribution in [-0.4, -0.2) is 15.4 Å². The first-order valence-corrected chi connectivity index (χ1v) is 8.03. The highest BCUT2D eigenvalue weighted by Crippen LogP contribution is 2.33. The molecule has 0 bridgehead atoms. The molecule has 4 nitrogen and oxygen atoms in total. The van der Waals surface area contributed by atoms with Crippen LogP contribution in [0.2, 0.25) is 5.02 Å². The lowest BCUT2D eigenvalue weighted by atomic mass is 9.86. The third kappa shape index (κ3) is 3.47. The second kappa shape index (κ2) is 6.43. The van der Waals surface area contributed by atoms with Gasteiger partial charge in [0, 0.05) is 17.0 Å². The maximum atomic E-state index is 14.9. The van der Waals surface area contributed by atoms with Gasteiger partial charge in [-0.05, 0) is 25.0 Å². The third-order valence-electron chi connectivity index (χ3n) is 4.35. The quantitative estimate of drug-likeness (QED) is 0.846. The molecule has 0 spiro atoms. The first-order valence-electron chi connectivity index (χ1n) is 7.66. The van der Waals surface area contributed by atoms with Gasteiger partial charge in [0.2, 0.25) is 0 Å². The van der Waals surface area contributed by atoms with Crippen molar-refractivity contribution in [2.45, 2.75) is 50.7 Å². The van der Waals surface area contributed by atoms with Gasteiger partial charge in [0.15, 0.2) is 5.82 Å². The van der Waals surface area contributed by atoms with Gasteiger partial charge in [-0.25, -0.2) is 13.6 Å². The topological polar surface area (TPSA) is 48.0 Å². The standard InChI is InChI=1S/C16H17ClF2N2O2/c17-12-5-4-6-13(18)11(12)9-14-20-23-15(22)21(14)10-16(19)7-2-1-3-8-16/h4-6H,1-3,7-10H2. The van der Waals surface area contributed by atoms with Crippen LogP contribution < -0.4 is 5.76 Å². The van der Waals surface area contributed by atoms with E-state index in [1.54, 1.807) is 6.07 Å². The number of hydrogen-bond donors (Lipinski definition) is 0. The van der Waals surface area contributed by atoms with E-state index in [0.717, 1.165) is 23.8 Å². The van der Waals surface area contributed by atoms with Crippen molar-refractivity contribution in [2.24, 2.45) is 0 Å². The number of benzene rings is 1. The Kier molecular flexibility index (Phi) is 4.53. The number of rotatable bonds is 4. The lowest BCUT2D eigenvalue weighted by Crippen LogP contribution is -2.35. The molecule has 0 saturated heterocycles. The van der Waals surface area contributed by atoms with Gasteiger partial charge in [-0.3, -0.25) is 9.09 Å². The van der Waals surface area contributed by atoms with Gasteiger partial charge in [0.1, 0.15) is 11.5 Å². The number of hydrogen-bond acceptors (Lipinski definition) is 3. The van der Waals surface area contributed by atoms with Crippen LogP contribution in [0.4, 0.5) is 8.78 Å². The Hall–Kier alpha value is -1.69. The molecule has 1 aromatic heterocycles. The maximum absolute atomic E-state index is 14.9. The Morgan fingerprint density at radius 2 is 2.04 bits per heavy atom. The van der Waals surface area contributed by atoms with Crippen LogP contribution in [0.1, 0.15) is 43.5 Å². The lowest BCUT2D eigenvalue weighted by molar-refractivity contribution is 0.0825. The number of aromatic nitrogens is 2. The van der Waals surface area contributed by atoms with Crippen molar-refractivity contribution in [1.82, 2.24) is 9.72 Å². The normalized spacial score (nSPS) is 17.3. The molecule has 124 valence electrons. The van der Waals surface area contributed by atoms with Crippen molar-refractivity contribution < 1.29 is 13.3 Å². The van der Waals surface area contributed by atoms with E-state index in [-0.39, 0.29) is 29.4 Å². The molecule has 0 atom stereocenters. The number of alkyl halides is 1. The predicted octanol–water partition coefficient (Wildman–Crippen LogP) is 3.89. The molecule has 1 saturated carbocycles. The maximum Gasteiger partial charge on any atom is 0.441 e. The van der Waals surface area contributed by atoms with Crippen LogP contribution >= 0.6 is 11.6 Å². The van der Waals surface area contributed by atoms with E-state index in [9.17, 15) is 13.6 Å². The highest BCUT2D eigenvalue weighted by Gasteiger charge is 2.34.